The predicted octanol–water partition coefficient (Wildman–Crippen LogP) is 10.6. The lowest BCUT2D eigenvalue weighted by Gasteiger charge is -2.13. The third-order valence-corrected chi connectivity index (χ3v) is 8.83. The van der Waals surface area contributed by atoms with Gasteiger partial charge in [-0.1, -0.05) is 127 Å². The number of furan rings is 1. The number of carbonyl (C=O) groups excluding carboxylic acids is 1. The average Bonchev–Trinajstić information content (AvgIpc) is 3.53. The van der Waals surface area contributed by atoms with Crippen molar-refractivity contribution in [1.29, 1.82) is 0 Å². The molecule has 5 heteroatoms. The van der Waals surface area contributed by atoms with Crippen molar-refractivity contribution in [2.75, 3.05) is 0 Å². The summed E-state index contributed by atoms with van der Waals surface area (Å²) in [4.78, 5) is 27.5. The maximum Gasteiger partial charge on any atom is 0.164 e. The van der Waals surface area contributed by atoms with E-state index in [4.69, 9.17) is 19.4 Å². The van der Waals surface area contributed by atoms with Gasteiger partial charge in [0, 0.05) is 33.0 Å². The summed E-state index contributed by atoms with van der Waals surface area (Å²) in [6.07, 6.45) is 0.958. The highest BCUT2D eigenvalue weighted by atomic mass is 16.3. The number of hydrogen-bond acceptors (Lipinski definition) is 5. The fourth-order valence-corrected chi connectivity index (χ4v) is 6.61. The number of nitrogens with zero attached hydrogens (tertiary/aromatic N) is 3. The Morgan fingerprint density at radius 1 is 0.447 bits per heavy atom. The molecule has 0 spiro atoms. The Kier molecular flexibility index (Phi) is 6.22. The number of aromatic nitrogens is 3. The molecule has 47 heavy (non-hydrogen) atoms. The van der Waals surface area contributed by atoms with Gasteiger partial charge in [-0.2, -0.15) is 0 Å². The summed E-state index contributed by atoms with van der Waals surface area (Å²) < 4.78 is 6.20. The Labute approximate surface area is 269 Å². The molecule has 0 saturated heterocycles. The van der Waals surface area contributed by atoms with Crippen LogP contribution >= 0.6 is 0 Å². The minimum absolute atomic E-state index is 0.575. The van der Waals surface area contributed by atoms with Crippen LogP contribution in [-0.4, -0.2) is 21.2 Å². The lowest BCUT2D eigenvalue weighted by Crippen LogP contribution is -2.01. The Hall–Kier alpha value is -6.46. The zero-order valence-electron chi connectivity index (χ0n) is 25.1. The number of fused-ring (bicyclic) bond motifs is 5. The molecule has 0 aliphatic carbocycles. The minimum Gasteiger partial charge on any atom is -0.456 e. The smallest absolute Gasteiger partial charge is 0.164 e. The molecule has 0 aliphatic heterocycles. The number of para-hydroxylation sites is 1. The summed E-state index contributed by atoms with van der Waals surface area (Å²) in [6, 6.07) is 48.6. The van der Waals surface area contributed by atoms with Gasteiger partial charge in [0.25, 0.3) is 0 Å². The second-order valence-corrected chi connectivity index (χ2v) is 11.6. The van der Waals surface area contributed by atoms with Gasteiger partial charge < -0.3 is 4.42 Å². The van der Waals surface area contributed by atoms with E-state index >= 15 is 0 Å². The summed E-state index contributed by atoms with van der Waals surface area (Å²) in [5, 5.41) is 6.01. The Bertz CT molecular complexity index is 2660. The summed E-state index contributed by atoms with van der Waals surface area (Å²) in [7, 11) is 0. The highest BCUT2D eigenvalue weighted by Crippen LogP contribution is 2.38. The van der Waals surface area contributed by atoms with Gasteiger partial charge in [-0.25, -0.2) is 15.0 Å². The van der Waals surface area contributed by atoms with E-state index in [1.807, 2.05) is 103 Å². The quantitative estimate of drug-likeness (QED) is 0.183. The molecule has 220 valence electrons. The fourth-order valence-electron chi connectivity index (χ4n) is 6.61. The lowest BCUT2D eigenvalue weighted by molar-refractivity contribution is 0.112. The first-order valence-electron chi connectivity index (χ1n) is 15.5. The highest BCUT2D eigenvalue weighted by Gasteiger charge is 2.19. The third kappa shape index (κ3) is 4.48. The highest BCUT2D eigenvalue weighted by molar-refractivity contribution is 6.12. The SMILES string of the molecule is O=Cc1c(-c2ccc3c(-c4nc(-c5ccccc5)nc(-c5cccc6oc7ccccc7c56)n4)cccc3c2)ccc2ccccc12. The van der Waals surface area contributed by atoms with Crippen LogP contribution in [0, 0.1) is 0 Å². The van der Waals surface area contributed by atoms with Gasteiger partial charge in [-0.05, 0) is 50.9 Å². The normalized spacial score (nSPS) is 11.5. The second kappa shape index (κ2) is 10.9. The van der Waals surface area contributed by atoms with E-state index in [9.17, 15) is 4.79 Å². The number of carbonyl (C=O) groups is 1. The van der Waals surface area contributed by atoms with Gasteiger partial charge in [0.1, 0.15) is 11.2 Å². The Morgan fingerprint density at radius 3 is 2.00 bits per heavy atom. The summed E-state index contributed by atoms with van der Waals surface area (Å²) >= 11 is 0. The van der Waals surface area contributed by atoms with E-state index in [-0.39, 0.29) is 0 Å². The molecule has 0 atom stereocenters. The minimum atomic E-state index is 0.575. The zero-order chi connectivity index (χ0) is 31.3. The van der Waals surface area contributed by atoms with E-state index < -0.39 is 0 Å². The first-order chi connectivity index (χ1) is 23.2. The zero-order valence-corrected chi connectivity index (χ0v) is 25.1. The monoisotopic (exact) mass is 603 g/mol. The van der Waals surface area contributed by atoms with Crippen LogP contribution in [0.5, 0.6) is 0 Å². The third-order valence-electron chi connectivity index (χ3n) is 8.83. The fraction of sp³-hybridized carbons (Fsp3) is 0. The maximum atomic E-state index is 12.3. The van der Waals surface area contributed by atoms with Crippen molar-refractivity contribution >= 4 is 49.8 Å². The first-order valence-corrected chi connectivity index (χ1v) is 15.5. The maximum absolute atomic E-state index is 12.3. The van der Waals surface area contributed by atoms with Crippen LogP contribution < -0.4 is 0 Å². The molecule has 0 bridgehead atoms. The Balaban J connectivity index is 1.25. The van der Waals surface area contributed by atoms with Crippen LogP contribution in [0.1, 0.15) is 10.4 Å². The number of rotatable bonds is 5. The van der Waals surface area contributed by atoms with Crippen LogP contribution in [0.4, 0.5) is 0 Å². The van der Waals surface area contributed by atoms with Crippen LogP contribution in [0.3, 0.4) is 0 Å². The second-order valence-electron chi connectivity index (χ2n) is 11.6. The van der Waals surface area contributed by atoms with E-state index in [0.717, 1.165) is 77.6 Å². The van der Waals surface area contributed by atoms with Crippen LogP contribution in [0.2, 0.25) is 0 Å². The number of hydrogen-bond donors (Lipinski definition) is 0. The molecule has 9 rings (SSSR count). The summed E-state index contributed by atoms with van der Waals surface area (Å²) in [5.74, 6) is 1.75. The molecule has 0 fully saturated rings. The molecular formula is C42H25N3O2. The van der Waals surface area contributed by atoms with Gasteiger partial charge in [-0.15, -0.1) is 0 Å². The lowest BCUT2D eigenvalue weighted by atomic mass is 9.92. The van der Waals surface area contributed by atoms with Crippen molar-refractivity contribution in [3.05, 3.63) is 151 Å². The Morgan fingerprint density at radius 2 is 1.13 bits per heavy atom. The molecule has 0 radical (unpaired) electrons. The van der Waals surface area contributed by atoms with Crippen molar-refractivity contribution in [2.45, 2.75) is 0 Å². The molecule has 2 heterocycles. The molecule has 0 aliphatic rings. The van der Waals surface area contributed by atoms with E-state index in [1.165, 1.54) is 0 Å². The molecule has 0 N–H and O–H groups in total. The largest absolute Gasteiger partial charge is 0.456 e. The van der Waals surface area contributed by atoms with Crippen LogP contribution in [0.15, 0.2) is 150 Å². The van der Waals surface area contributed by atoms with Gasteiger partial charge in [0.15, 0.2) is 23.8 Å². The van der Waals surface area contributed by atoms with Crippen molar-refractivity contribution in [3.8, 4) is 45.3 Å². The molecule has 0 amide bonds. The number of benzene rings is 7. The summed E-state index contributed by atoms with van der Waals surface area (Å²) in [6.45, 7) is 0. The van der Waals surface area contributed by atoms with E-state index in [2.05, 4.69) is 42.5 Å². The number of aldehydes is 1. The van der Waals surface area contributed by atoms with Gasteiger partial charge in [0.05, 0.1) is 0 Å². The molecule has 7 aromatic carbocycles. The molecule has 9 aromatic rings. The van der Waals surface area contributed by atoms with Crippen molar-refractivity contribution in [3.63, 3.8) is 0 Å². The van der Waals surface area contributed by atoms with Crippen molar-refractivity contribution in [1.82, 2.24) is 15.0 Å². The van der Waals surface area contributed by atoms with Crippen molar-refractivity contribution < 1.29 is 9.21 Å². The standard InChI is InChI=1S/C42H25N3O2/c46-25-36-30-14-5-4-10-26(30)20-22-32(36)29-21-23-31-28(24-29)13-8-16-33(31)41-43-40(27-11-2-1-3-12-27)44-42(45-41)35-17-9-19-38-39(35)34-15-6-7-18-37(34)47-38/h1-25H. The van der Waals surface area contributed by atoms with E-state index in [1.54, 1.807) is 0 Å². The average molecular weight is 604 g/mol. The predicted molar refractivity (Wildman–Crippen MR) is 189 cm³/mol. The molecule has 0 saturated carbocycles. The van der Waals surface area contributed by atoms with Gasteiger partial charge in [0.2, 0.25) is 0 Å². The molecule has 0 unspecified atom stereocenters. The van der Waals surface area contributed by atoms with Crippen molar-refractivity contribution in [2.24, 2.45) is 0 Å². The van der Waals surface area contributed by atoms with Crippen LogP contribution in [-0.2, 0) is 0 Å². The van der Waals surface area contributed by atoms with E-state index in [0.29, 0.717) is 23.0 Å². The first kappa shape index (κ1) is 26.9. The van der Waals surface area contributed by atoms with Crippen LogP contribution in [0.25, 0.3) is 88.8 Å². The summed E-state index contributed by atoms with van der Waals surface area (Å²) in [5.41, 5.74) is 6.86. The van der Waals surface area contributed by atoms with Gasteiger partial charge >= 0.3 is 0 Å². The molecular weight excluding hydrogens is 578 g/mol. The molecule has 2 aromatic heterocycles. The molecule has 5 nitrogen and oxygen atoms in total. The van der Waals surface area contributed by atoms with Gasteiger partial charge in [-0.3, -0.25) is 4.79 Å². The topological polar surface area (TPSA) is 68.9 Å².